The molecule has 2 aromatic heterocycles. The Bertz CT molecular complexity index is 1030. The minimum Gasteiger partial charge on any atom is -0.483 e. The smallest absolute Gasteiger partial charge is 0.236 e. The van der Waals surface area contributed by atoms with Crippen molar-refractivity contribution in [3.05, 3.63) is 59.0 Å². The van der Waals surface area contributed by atoms with Crippen molar-refractivity contribution in [1.29, 1.82) is 0 Å². The molecule has 0 aliphatic carbocycles. The first-order chi connectivity index (χ1) is 14.6. The molecule has 164 valence electrons. The lowest BCUT2D eigenvalue weighted by Crippen LogP contribution is -2.15. The van der Waals surface area contributed by atoms with Crippen LogP contribution in [0.15, 0.2) is 47.8 Å². The third-order valence-corrected chi connectivity index (χ3v) is 5.84. The van der Waals surface area contributed by atoms with Crippen molar-refractivity contribution in [1.82, 2.24) is 19.7 Å². The van der Waals surface area contributed by atoms with Crippen molar-refractivity contribution in [3.8, 4) is 5.75 Å². The van der Waals surface area contributed by atoms with Crippen molar-refractivity contribution >= 4 is 35.1 Å². The Morgan fingerprint density at radius 2 is 1.90 bits per heavy atom. The fourth-order valence-corrected chi connectivity index (χ4v) is 3.68. The van der Waals surface area contributed by atoms with Crippen LogP contribution in [0.1, 0.15) is 45.2 Å². The molecule has 9 heteroatoms. The van der Waals surface area contributed by atoms with Gasteiger partial charge in [0.25, 0.3) is 0 Å². The lowest BCUT2D eigenvalue weighted by molar-refractivity contribution is -0.113. The summed E-state index contributed by atoms with van der Waals surface area (Å²) in [6, 6.07) is 11.4. The molecule has 3 aromatic rings. The van der Waals surface area contributed by atoms with E-state index in [-0.39, 0.29) is 23.2 Å². The van der Waals surface area contributed by atoms with Crippen LogP contribution in [0.5, 0.6) is 5.75 Å². The summed E-state index contributed by atoms with van der Waals surface area (Å²) >= 11 is 7.10. The quantitative estimate of drug-likeness (QED) is 0.499. The van der Waals surface area contributed by atoms with Gasteiger partial charge in [-0.2, -0.15) is 0 Å². The zero-order valence-corrected chi connectivity index (χ0v) is 19.8. The number of ether oxygens (including phenoxy) is 1. The van der Waals surface area contributed by atoms with E-state index in [4.69, 9.17) is 16.3 Å². The van der Waals surface area contributed by atoms with E-state index in [9.17, 15) is 4.79 Å². The van der Waals surface area contributed by atoms with Gasteiger partial charge in [-0.3, -0.25) is 4.79 Å². The number of hydrogen-bond donors (Lipinski definition) is 1. The number of rotatable bonds is 7. The molecule has 7 nitrogen and oxygen atoms in total. The van der Waals surface area contributed by atoms with Crippen LogP contribution in [0.25, 0.3) is 0 Å². The molecule has 0 spiro atoms. The largest absolute Gasteiger partial charge is 0.483 e. The molecule has 0 fully saturated rings. The van der Waals surface area contributed by atoms with Gasteiger partial charge in [0.15, 0.2) is 17.1 Å². The van der Waals surface area contributed by atoms with Gasteiger partial charge in [0.05, 0.1) is 10.8 Å². The Hall–Kier alpha value is -2.58. The van der Waals surface area contributed by atoms with Gasteiger partial charge in [-0.05, 0) is 42.2 Å². The molecule has 1 atom stereocenters. The second-order valence-electron chi connectivity index (χ2n) is 8.13. The van der Waals surface area contributed by atoms with Crippen molar-refractivity contribution in [2.75, 3.05) is 11.1 Å². The number of amides is 1. The normalized spacial score (nSPS) is 12.5. The average molecular weight is 460 g/mol. The second-order valence-corrected chi connectivity index (χ2v) is 9.51. The van der Waals surface area contributed by atoms with E-state index < -0.39 is 0 Å². The van der Waals surface area contributed by atoms with Crippen LogP contribution < -0.4 is 10.1 Å². The first-order valence-electron chi connectivity index (χ1n) is 9.84. The number of pyridine rings is 1. The number of benzene rings is 1. The monoisotopic (exact) mass is 459 g/mol. The van der Waals surface area contributed by atoms with Crippen LogP contribution >= 0.6 is 23.4 Å². The van der Waals surface area contributed by atoms with Crippen LogP contribution in [0.4, 0.5) is 5.82 Å². The lowest BCUT2D eigenvalue weighted by Gasteiger charge is -2.20. The standard InChI is InChI=1S/C22H26ClN5O2S/c1-14(30-17-9-6-15(7-10-17)22(2,3)4)20-26-27-21(28(20)5)31-13-19(29)25-18-11-8-16(23)12-24-18/h6-12,14H,13H2,1-5H3,(H,24,25,29). The second kappa shape index (κ2) is 9.70. The molecule has 31 heavy (non-hydrogen) atoms. The summed E-state index contributed by atoms with van der Waals surface area (Å²) in [7, 11) is 1.86. The van der Waals surface area contributed by atoms with Crippen LogP contribution in [0, 0.1) is 0 Å². The summed E-state index contributed by atoms with van der Waals surface area (Å²) in [6.45, 7) is 8.46. The highest BCUT2D eigenvalue weighted by Gasteiger charge is 2.19. The molecule has 0 aliphatic heterocycles. The molecule has 0 bridgehead atoms. The highest BCUT2D eigenvalue weighted by molar-refractivity contribution is 7.99. The maximum absolute atomic E-state index is 12.2. The van der Waals surface area contributed by atoms with Crippen LogP contribution in [-0.2, 0) is 17.3 Å². The van der Waals surface area contributed by atoms with E-state index in [2.05, 4.69) is 53.4 Å². The van der Waals surface area contributed by atoms with Gasteiger partial charge in [0.2, 0.25) is 5.91 Å². The number of nitrogens with one attached hydrogen (secondary N) is 1. The summed E-state index contributed by atoms with van der Waals surface area (Å²) in [5.41, 5.74) is 1.34. The molecule has 2 heterocycles. The van der Waals surface area contributed by atoms with E-state index in [1.807, 2.05) is 30.7 Å². The highest BCUT2D eigenvalue weighted by atomic mass is 35.5. The lowest BCUT2D eigenvalue weighted by atomic mass is 9.87. The van der Waals surface area contributed by atoms with Crippen molar-refractivity contribution in [2.45, 2.75) is 44.4 Å². The van der Waals surface area contributed by atoms with Crippen LogP contribution in [0.2, 0.25) is 5.02 Å². The molecule has 0 saturated heterocycles. The zero-order chi connectivity index (χ0) is 22.6. The molecule has 1 N–H and O–H groups in total. The first-order valence-corrected chi connectivity index (χ1v) is 11.2. The molecule has 0 aliphatic rings. The van der Waals surface area contributed by atoms with Gasteiger partial charge in [-0.1, -0.05) is 56.3 Å². The fourth-order valence-electron chi connectivity index (χ4n) is 2.85. The van der Waals surface area contributed by atoms with E-state index in [1.54, 1.807) is 12.1 Å². The number of carbonyl (C=O) groups is 1. The van der Waals surface area contributed by atoms with Gasteiger partial charge in [0, 0.05) is 13.2 Å². The maximum atomic E-state index is 12.2. The van der Waals surface area contributed by atoms with Gasteiger partial charge in [-0.25, -0.2) is 4.98 Å². The number of aromatic nitrogens is 4. The molecule has 3 rings (SSSR count). The van der Waals surface area contributed by atoms with Gasteiger partial charge < -0.3 is 14.6 Å². The number of carbonyl (C=O) groups excluding carboxylic acids is 1. The highest BCUT2D eigenvalue weighted by Crippen LogP contribution is 2.27. The number of halogens is 1. The third kappa shape index (κ3) is 6.21. The van der Waals surface area contributed by atoms with Crippen LogP contribution in [0.3, 0.4) is 0 Å². The molecule has 0 saturated carbocycles. The molecular formula is C22H26ClN5O2S. The average Bonchev–Trinajstić information content (AvgIpc) is 3.08. The summed E-state index contributed by atoms with van der Waals surface area (Å²) in [6.07, 6.45) is 1.19. The van der Waals surface area contributed by atoms with Crippen molar-refractivity contribution in [3.63, 3.8) is 0 Å². The molecule has 1 aromatic carbocycles. The number of thioether (sulfide) groups is 1. The van der Waals surface area contributed by atoms with E-state index in [0.29, 0.717) is 21.8 Å². The zero-order valence-electron chi connectivity index (χ0n) is 18.2. The Labute approximate surface area is 191 Å². The van der Waals surface area contributed by atoms with Gasteiger partial charge in [-0.15, -0.1) is 10.2 Å². The number of hydrogen-bond acceptors (Lipinski definition) is 6. The van der Waals surface area contributed by atoms with E-state index in [0.717, 1.165) is 5.75 Å². The Balaban J connectivity index is 1.57. The summed E-state index contributed by atoms with van der Waals surface area (Å²) in [5.74, 6) is 1.90. The fraction of sp³-hybridized carbons (Fsp3) is 0.364. The third-order valence-electron chi connectivity index (χ3n) is 4.59. The minimum atomic E-state index is -0.292. The summed E-state index contributed by atoms with van der Waals surface area (Å²) in [4.78, 5) is 16.2. The minimum absolute atomic E-state index is 0.0930. The maximum Gasteiger partial charge on any atom is 0.236 e. The summed E-state index contributed by atoms with van der Waals surface area (Å²) < 4.78 is 7.89. The first kappa shape index (κ1) is 23.1. The molecule has 1 amide bonds. The topological polar surface area (TPSA) is 81.9 Å². The Morgan fingerprint density at radius 1 is 1.19 bits per heavy atom. The Morgan fingerprint density at radius 3 is 2.52 bits per heavy atom. The summed E-state index contributed by atoms with van der Waals surface area (Å²) in [5, 5.41) is 12.3. The van der Waals surface area contributed by atoms with Gasteiger partial charge in [0.1, 0.15) is 11.6 Å². The van der Waals surface area contributed by atoms with Crippen molar-refractivity contribution in [2.24, 2.45) is 7.05 Å². The van der Waals surface area contributed by atoms with E-state index >= 15 is 0 Å². The van der Waals surface area contributed by atoms with Gasteiger partial charge >= 0.3 is 0 Å². The Kier molecular flexibility index (Phi) is 7.23. The SMILES string of the molecule is CC(Oc1ccc(C(C)(C)C)cc1)c1nnc(SCC(=O)Nc2ccc(Cl)cn2)n1C. The molecular weight excluding hydrogens is 434 g/mol. The number of anilines is 1. The number of nitrogens with zero attached hydrogens (tertiary/aromatic N) is 4. The van der Waals surface area contributed by atoms with Crippen molar-refractivity contribution < 1.29 is 9.53 Å². The molecule has 1 unspecified atom stereocenters. The predicted molar refractivity (Wildman–Crippen MR) is 124 cm³/mol. The molecule has 0 radical (unpaired) electrons. The van der Waals surface area contributed by atoms with Crippen LogP contribution in [-0.4, -0.2) is 31.4 Å². The predicted octanol–water partition coefficient (Wildman–Crippen LogP) is 5.03. The van der Waals surface area contributed by atoms with E-state index in [1.165, 1.54) is 23.5 Å².